The highest BCUT2D eigenvalue weighted by atomic mass is 16.3. The molecule has 0 aliphatic carbocycles. The van der Waals surface area contributed by atoms with Gasteiger partial charge in [0, 0.05) is 12.1 Å². The maximum Gasteiger partial charge on any atom is 0.252 e. The van der Waals surface area contributed by atoms with Crippen LogP contribution < -0.4 is 5.32 Å². The summed E-state index contributed by atoms with van der Waals surface area (Å²) in [6.45, 7) is 5.65. The molecule has 4 heteroatoms. The predicted molar refractivity (Wildman–Crippen MR) is 74.2 cm³/mol. The number of aliphatic hydroxyl groups is 1. The lowest BCUT2D eigenvalue weighted by Gasteiger charge is -2.14. The van der Waals surface area contributed by atoms with Crippen molar-refractivity contribution >= 4 is 11.7 Å². The smallest absolute Gasteiger partial charge is 0.252 e. The summed E-state index contributed by atoms with van der Waals surface area (Å²) in [7, 11) is 0. The summed E-state index contributed by atoms with van der Waals surface area (Å²) < 4.78 is 0. The fourth-order valence-corrected chi connectivity index (χ4v) is 1.92. The van der Waals surface area contributed by atoms with Gasteiger partial charge in [0.2, 0.25) is 0 Å². The Morgan fingerprint density at radius 3 is 2.32 bits per heavy atom. The van der Waals surface area contributed by atoms with Gasteiger partial charge in [0.05, 0.1) is 11.7 Å². The highest BCUT2D eigenvalue weighted by Crippen LogP contribution is 2.10. The summed E-state index contributed by atoms with van der Waals surface area (Å²) in [5.41, 5.74) is 0.755. The van der Waals surface area contributed by atoms with Crippen molar-refractivity contribution in [3.63, 3.8) is 0 Å². The van der Waals surface area contributed by atoms with E-state index in [1.165, 1.54) is 6.92 Å². The van der Waals surface area contributed by atoms with E-state index in [4.69, 9.17) is 0 Å². The largest absolute Gasteiger partial charge is 0.391 e. The third kappa shape index (κ3) is 4.83. The van der Waals surface area contributed by atoms with Crippen LogP contribution in [0.1, 0.15) is 47.9 Å². The standard InChI is InChI=1S/C15H21NO3/c1-10(2)8-12(18)9-16-15(19)14-7-5-4-6-13(14)11(3)17/h4-7,10,12,18H,8-9H2,1-3H3,(H,16,19). The lowest BCUT2D eigenvalue weighted by molar-refractivity contribution is 0.0892. The first-order valence-electron chi connectivity index (χ1n) is 6.48. The number of hydrogen-bond acceptors (Lipinski definition) is 3. The number of hydrogen-bond donors (Lipinski definition) is 2. The maximum absolute atomic E-state index is 12.0. The molecule has 0 aromatic heterocycles. The zero-order chi connectivity index (χ0) is 14.4. The van der Waals surface area contributed by atoms with Crippen molar-refractivity contribution < 1.29 is 14.7 Å². The molecule has 0 bridgehead atoms. The van der Waals surface area contributed by atoms with Gasteiger partial charge in [0.25, 0.3) is 5.91 Å². The Hall–Kier alpha value is -1.68. The molecule has 0 aliphatic rings. The van der Waals surface area contributed by atoms with E-state index in [2.05, 4.69) is 5.32 Å². The molecule has 1 aromatic rings. The van der Waals surface area contributed by atoms with Crippen molar-refractivity contribution in [2.75, 3.05) is 6.54 Å². The number of benzene rings is 1. The van der Waals surface area contributed by atoms with Crippen LogP contribution in [0.4, 0.5) is 0 Å². The van der Waals surface area contributed by atoms with Gasteiger partial charge in [-0.15, -0.1) is 0 Å². The monoisotopic (exact) mass is 263 g/mol. The Morgan fingerprint density at radius 1 is 1.21 bits per heavy atom. The molecule has 0 spiro atoms. The lowest BCUT2D eigenvalue weighted by Crippen LogP contribution is -2.33. The first kappa shape index (κ1) is 15.4. The number of carbonyl (C=O) groups excluding carboxylic acids is 2. The summed E-state index contributed by atoms with van der Waals surface area (Å²) in [6, 6.07) is 6.68. The molecule has 104 valence electrons. The van der Waals surface area contributed by atoms with E-state index in [1.807, 2.05) is 13.8 Å². The Labute approximate surface area is 113 Å². The molecule has 2 N–H and O–H groups in total. The molecule has 1 unspecified atom stereocenters. The average molecular weight is 263 g/mol. The topological polar surface area (TPSA) is 66.4 Å². The molecule has 0 saturated heterocycles. The Kier molecular flexibility index (Phi) is 5.70. The molecule has 0 aliphatic heterocycles. The van der Waals surface area contributed by atoms with E-state index >= 15 is 0 Å². The summed E-state index contributed by atoms with van der Waals surface area (Å²) >= 11 is 0. The van der Waals surface area contributed by atoms with Gasteiger partial charge in [-0.3, -0.25) is 9.59 Å². The molecule has 4 nitrogen and oxygen atoms in total. The Balaban J connectivity index is 2.66. The van der Waals surface area contributed by atoms with Crippen LogP contribution in [-0.2, 0) is 0 Å². The number of amides is 1. The van der Waals surface area contributed by atoms with Crippen molar-refractivity contribution in [3.05, 3.63) is 35.4 Å². The second-order valence-corrected chi connectivity index (χ2v) is 5.10. The zero-order valence-corrected chi connectivity index (χ0v) is 11.6. The third-order valence-electron chi connectivity index (χ3n) is 2.79. The summed E-state index contributed by atoms with van der Waals surface area (Å²) in [6.07, 6.45) is 0.0719. The van der Waals surface area contributed by atoms with E-state index in [0.29, 0.717) is 23.5 Å². The van der Waals surface area contributed by atoms with Crippen LogP contribution in [0, 0.1) is 5.92 Å². The minimum atomic E-state index is -0.562. The summed E-state index contributed by atoms with van der Waals surface area (Å²) in [4.78, 5) is 23.4. The molecule has 0 fully saturated rings. The van der Waals surface area contributed by atoms with Gasteiger partial charge in [0.15, 0.2) is 5.78 Å². The van der Waals surface area contributed by atoms with Gasteiger partial charge in [-0.2, -0.15) is 0 Å². The SMILES string of the molecule is CC(=O)c1ccccc1C(=O)NCC(O)CC(C)C. The first-order chi connectivity index (χ1) is 8.91. The van der Waals surface area contributed by atoms with Crippen LogP contribution in [0.2, 0.25) is 0 Å². The highest BCUT2D eigenvalue weighted by molar-refractivity contribution is 6.07. The number of nitrogens with one attached hydrogen (secondary N) is 1. The number of Topliss-reactive ketones (excluding diaryl/α,β-unsaturated/α-hetero) is 1. The van der Waals surface area contributed by atoms with E-state index in [-0.39, 0.29) is 18.2 Å². The number of ketones is 1. The zero-order valence-electron chi connectivity index (χ0n) is 11.6. The van der Waals surface area contributed by atoms with E-state index in [0.717, 1.165) is 0 Å². The minimum absolute atomic E-state index is 0.145. The van der Waals surface area contributed by atoms with Gasteiger partial charge in [-0.05, 0) is 25.3 Å². The second-order valence-electron chi connectivity index (χ2n) is 5.10. The molecule has 1 atom stereocenters. The van der Waals surface area contributed by atoms with Crippen molar-refractivity contribution in [2.24, 2.45) is 5.92 Å². The number of aliphatic hydroxyl groups excluding tert-OH is 1. The van der Waals surface area contributed by atoms with Crippen LogP contribution >= 0.6 is 0 Å². The van der Waals surface area contributed by atoms with Crippen LogP contribution in [0.5, 0.6) is 0 Å². The lowest BCUT2D eigenvalue weighted by atomic mass is 10.0. The van der Waals surface area contributed by atoms with Gasteiger partial charge in [0.1, 0.15) is 0 Å². The predicted octanol–water partition coefficient (Wildman–Crippen LogP) is 2.03. The fraction of sp³-hybridized carbons (Fsp3) is 0.467. The molecule has 0 heterocycles. The van der Waals surface area contributed by atoms with E-state index in [9.17, 15) is 14.7 Å². The Morgan fingerprint density at radius 2 is 1.79 bits per heavy atom. The first-order valence-corrected chi connectivity index (χ1v) is 6.48. The van der Waals surface area contributed by atoms with Gasteiger partial charge in [-0.25, -0.2) is 0 Å². The number of rotatable bonds is 6. The summed E-state index contributed by atoms with van der Waals surface area (Å²) in [5.74, 6) is -0.0986. The van der Waals surface area contributed by atoms with Crippen LogP contribution in [0.15, 0.2) is 24.3 Å². The molecular formula is C15H21NO3. The molecule has 0 saturated carbocycles. The molecule has 1 rings (SSSR count). The number of carbonyl (C=O) groups is 2. The molecule has 0 radical (unpaired) electrons. The van der Waals surface area contributed by atoms with Gasteiger partial charge < -0.3 is 10.4 Å². The van der Waals surface area contributed by atoms with Crippen LogP contribution in [0.3, 0.4) is 0 Å². The van der Waals surface area contributed by atoms with E-state index in [1.54, 1.807) is 24.3 Å². The maximum atomic E-state index is 12.0. The van der Waals surface area contributed by atoms with E-state index < -0.39 is 6.10 Å². The molecule has 1 amide bonds. The average Bonchev–Trinajstić information content (AvgIpc) is 2.35. The fourth-order valence-electron chi connectivity index (χ4n) is 1.92. The van der Waals surface area contributed by atoms with Crippen molar-refractivity contribution in [1.29, 1.82) is 0 Å². The van der Waals surface area contributed by atoms with Crippen molar-refractivity contribution in [3.8, 4) is 0 Å². The summed E-state index contributed by atoms with van der Waals surface area (Å²) in [5, 5.41) is 12.4. The molecule has 19 heavy (non-hydrogen) atoms. The van der Waals surface area contributed by atoms with Gasteiger partial charge >= 0.3 is 0 Å². The quantitative estimate of drug-likeness (QED) is 0.772. The normalized spacial score (nSPS) is 12.3. The minimum Gasteiger partial charge on any atom is -0.391 e. The van der Waals surface area contributed by atoms with Crippen molar-refractivity contribution in [2.45, 2.75) is 33.3 Å². The molecular weight excluding hydrogens is 242 g/mol. The third-order valence-corrected chi connectivity index (χ3v) is 2.79. The van der Waals surface area contributed by atoms with Crippen LogP contribution in [0.25, 0.3) is 0 Å². The second kappa shape index (κ2) is 7.04. The van der Waals surface area contributed by atoms with Crippen LogP contribution in [-0.4, -0.2) is 29.4 Å². The molecule has 1 aromatic carbocycles. The van der Waals surface area contributed by atoms with Gasteiger partial charge in [-0.1, -0.05) is 32.0 Å². The highest BCUT2D eigenvalue weighted by Gasteiger charge is 2.15. The Bertz CT molecular complexity index is 454. The van der Waals surface area contributed by atoms with Crippen molar-refractivity contribution in [1.82, 2.24) is 5.32 Å².